The van der Waals surface area contributed by atoms with Crippen molar-refractivity contribution in [2.24, 2.45) is 0 Å². The lowest BCUT2D eigenvalue weighted by molar-refractivity contribution is -0.118. The van der Waals surface area contributed by atoms with E-state index in [1.165, 1.54) is 19.2 Å². The highest BCUT2D eigenvalue weighted by Crippen LogP contribution is 2.01. The van der Waals surface area contributed by atoms with Crippen LogP contribution in [0.5, 0.6) is 0 Å². The molecule has 0 aliphatic rings. The number of nitrogens with zero attached hydrogens (tertiary/aromatic N) is 1. The lowest BCUT2D eigenvalue weighted by atomic mass is 10.5. The monoisotopic (exact) mass is 212 g/mol. The molecule has 0 aliphatic carbocycles. The average molecular weight is 212 g/mol. The highest BCUT2D eigenvalue weighted by molar-refractivity contribution is 5.87. The molecule has 0 fully saturated rings. The first kappa shape index (κ1) is 11.0. The van der Waals surface area contributed by atoms with Crippen LogP contribution in [0, 0.1) is 0 Å². The van der Waals surface area contributed by atoms with Gasteiger partial charge in [0.1, 0.15) is 0 Å². The van der Waals surface area contributed by atoms with Gasteiger partial charge < -0.3 is 15.2 Å². The second kappa shape index (κ2) is 5.63. The molecule has 1 heterocycles. The fourth-order valence-electron chi connectivity index (χ4n) is 0.851. The van der Waals surface area contributed by atoms with E-state index in [-0.39, 0.29) is 11.8 Å². The molecule has 0 saturated heterocycles. The van der Waals surface area contributed by atoms with Crippen LogP contribution in [0.25, 0.3) is 0 Å². The largest absolute Gasteiger partial charge is 0.355 e. The Labute approximate surface area is 86.2 Å². The molecule has 3 amide bonds. The van der Waals surface area contributed by atoms with Crippen molar-refractivity contribution >= 4 is 17.8 Å². The lowest BCUT2D eigenvalue weighted by Gasteiger charge is -2.04. The predicted molar refractivity (Wildman–Crippen MR) is 52.2 cm³/mol. The number of amides is 3. The van der Waals surface area contributed by atoms with Crippen molar-refractivity contribution in [3.8, 4) is 0 Å². The molecule has 7 nitrogen and oxygen atoms in total. The van der Waals surface area contributed by atoms with Gasteiger partial charge in [0.25, 0.3) is 0 Å². The van der Waals surface area contributed by atoms with Crippen LogP contribution in [0.2, 0.25) is 0 Å². The Morgan fingerprint density at radius 1 is 1.40 bits per heavy atom. The molecule has 0 saturated carbocycles. The fraction of sp³-hybridized carbons (Fsp3) is 0.375. The number of aromatic nitrogens is 1. The Balaban J connectivity index is 2.11. The summed E-state index contributed by atoms with van der Waals surface area (Å²) in [6.45, 7) is 2.15. The van der Waals surface area contributed by atoms with E-state index in [1.54, 1.807) is 0 Å². The van der Waals surface area contributed by atoms with E-state index in [1.807, 2.05) is 0 Å². The molecule has 7 heteroatoms. The van der Waals surface area contributed by atoms with Gasteiger partial charge in [-0.05, 0) is 0 Å². The molecule has 0 atom stereocenters. The number of carbonyl (C=O) groups excluding carboxylic acids is 2. The Morgan fingerprint density at radius 2 is 2.13 bits per heavy atom. The van der Waals surface area contributed by atoms with Gasteiger partial charge in [-0.1, -0.05) is 5.16 Å². The Kier molecular flexibility index (Phi) is 4.14. The standard InChI is InChI=1S/C8H12N4O3/c1-6(13)9-4-5-10-8(14)12-7-2-3-11-15-7/h2-3H,4-5H2,1H3,(H,9,13)(H2,10,12,14). The van der Waals surface area contributed by atoms with E-state index in [0.717, 1.165) is 0 Å². The Bertz CT molecular complexity index is 323. The van der Waals surface area contributed by atoms with E-state index >= 15 is 0 Å². The quantitative estimate of drug-likeness (QED) is 0.609. The summed E-state index contributed by atoms with van der Waals surface area (Å²) in [7, 11) is 0. The van der Waals surface area contributed by atoms with Crippen LogP contribution in [0.3, 0.4) is 0 Å². The van der Waals surface area contributed by atoms with Gasteiger partial charge in [0.05, 0.1) is 6.20 Å². The predicted octanol–water partition coefficient (Wildman–Crippen LogP) is -0.0678. The zero-order valence-corrected chi connectivity index (χ0v) is 8.24. The summed E-state index contributed by atoms with van der Waals surface area (Å²) >= 11 is 0. The van der Waals surface area contributed by atoms with Gasteiger partial charge in [0.2, 0.25) is 11.8 Å². The fourth-order valence-corrected chi connectivity index (χ4v) is 0.851. The van der Waals surface area contributed by atoms with Gasteiger partial charge in [0.15, 0.2) is 0 Å². The molecule has 0 spiro atoms. The van der Waals surface area contributed by atoms with Gasteiger partial charge in [0, 0.05) is 26.1 Å². The van der Waals surface area contributed by atoms with E-state index in [0.29, 0.717) is 13.1 Å². The molecule has 1 rings (SSSR count). The molecule has 15 heavy (non-hydrogen) atoms. The normalized spacial score (nSPS) is 9.40. The van der Waals surface area contributed by atoms with Crippen molar-refractivity contribution in [2.75, 3.05) is 18.4 Å². The van der Waals surface area contributed by atoms with Gasteiger partial charge in [-0.3, -0.25) is 10.1 Å². The highest BCUT2D eigenvalue weighted by Gasteiger charge is 2.02. The zero-order valence-electron chi connectivity index (χ0n) is 8.24. The molecular weight excluding hydrogens is 200 g/mol. The number of anilines is 1. The maximum absolute atomic E-state index is 11.1. The molecule has 0 aliphatic heterocycles. The van der Waals surface area contributed by atoms with Crippen LogP contribution in [0.15, 0.2) is 16.8 Å². The molecule has 0 unspecified atom stereocenters. The van der Waals surface area contributed by atoms with Gasteiger partial charge in [-0.25, -0.2) is 4.79 Å². The second-order valence-corrected chi connectivity index (χ2v) is 2.74. The summed E-state index contributed by atoms with van der Waals surface area (Å²) < 4.78 is 4.66. The van der Waals surface area contributed by atoms with Crippen LogP contribution in [0.1, 0.15) is 6.92 Å². The minimum Gasteiger partial charge on any atom is -0.355 e. The summed E-state index contributed by atoms with van der Waals surface area (Å²) in [5, 5.41) is 10.9. The molecule has 0 aromatic carbocycles. The van der Waals surface area contributed by atoms with Crippen LogP contribution in [0.4, 0.5) is 10.7 Å². The summed E-state index contributed by atoms with van der Waals surface area (Å²) in [5.41, 5.74) is 0. The van der Waals surface area contributed by atoms with Crippen LogP contribution < -0.4 is 16.0 Å². The molecule has 1 aromatic rings. The number of hydrogen-bond acceptors (Lipinski definition) is 4. The van der Waals surface area contributed by atoms with Crippen molar-refractivity contribution in [1.29, 1.82) is 0 Å². The smallest absolute Gasteiger partial charge is 0.321 e. The van der Waals surface area contributed by atoms with E-state index in [2.05, 4.69) is 25.6 Å². The van der Waals surface area contributed by atoms with Crippen molar-refractivity contribution < 1.29 is 14.1 Å². The number of carbonyl (C=O) groups is 2. The summed E-state index contributed by atoms with van der Waals surface area (Å²) in [4.78, 5) is 21.6. The third-order valence-electron chi connectivity index (χ3n) is 1.46. The van der Waals surface area contributed by atoms with Gasteiger partial charge in [-0.15, -0.1) is 0 Å². The highest BCUT2D eigenvalue weighted by atomic mass is 16.5. The minimum absolute atomic E-state index is 0.132. The van der Waals surface area contributed by atoms with Crippen LogP contribution in [-0.4, -0.2) is 30.2 Å². The molecule has 82 valence electrons. The number of hydrogen-bond donors (Lipinski definition) is 3. The van der Waals surface area contributed by atoms with E-state index in [9.17, 15) is 9.59 Å². The first-order valence-electron chi connectivity index (χ1n) is 4.38. The number of rotatable bonds is 4. The first-order valence-corrected chi connectivity index (χ1v) is 4.38. The van der Waals surface area contributed by atoms with E-state index < -0.39 is 6.03 Å². The van der Waals surface area contributed by atoms with Crippen LogP contribution in [-0.2, 0) is 4.79 Å². The lowest BCUT2D eigenvalue weighted by Crippen LogP contribution is -2.35. The molecular formula is C8H12N4O3. The SMILES string of the molecule is CC(=O)NCCNC(=O)Nc1ccno1. The summed E-state index contributed by atoms with van der Waals surface area (Å²) in [6, 6.07) is 1.12. The van der Waals surface area contributed by atoms with Crippen molar-refractivity contribution in [1.82, 2.24) is 15.8 Å². The summed E-state index contributed by atoms with van der Waals surface area (Å²) in [5.74, 6) is 0.138. The van der Waals surface area contributed by atoms with Crippen LogP contribution >= 0.6 is 0 Å². The van der Waals surface area contributed by atoms with Gasteiger partial charge >= 0.3 is 6.03 Å². The maximum Gasteiger partial charge on any atom is 0.321 e. The molecule has 0 radical (unpaired) electrons. The van der Waals surface area contributed by atoms with Gasteiger partial charge in [-0.2, -0.15) is 0 Å². The van der Waals surface area contributed by atoms with E-state index in [4.69, 9.17) is 0 Å². The summed E-state index contributed by atoms with van der Waals surface area (Å²) in [6.07, 6.45) is 1.42. The zero-order chi connectivity index (χ0) is 11.1. The topological polar surface area (TPSA) is 96.3 Å². The molecule has 1 aromatic heterocycles. The van der Waals surface area contributed by atoms with Crippen molar-refractivity contribution in [3.05, 3.63) is 12.3 Å². The Hall–Kier alpha value is -2.05. The first-order chi connectivity index (χ1) is 7.18. The average Bonchev–Trinajstić information content (AvgIpc) is 2.64. The second-order valence-electron chi connectivity index (χ2n) is 2.74. The van der Waals surface area contributed by atoms with Crippen molar-refractivity contribution in [3.63, 3.8) is 0 Å². The Morgan fingerprint density at radius 3 is 2.73 bits per heavy atom. The number of urea groups is 1. The minimum atomic E-state index is -0.405. The maximum atomic E-state index is 11.1. The van der Waals surface area contributed by atoms with Crippen molar-refractivity contribution in [2.45, 2.75) is 6.92 Å². The molecule has 3 N–H and O–H groups in total. The third kappa shape index (κ3) is 4.65. The number of nitrogens with one attached hydrogen (secondary N) is 3. The molecule has 0 bridgehead atoms. The third-order valence-corrected chi connectivity index (χ3v) is 1.46.